The standard InChI is InChI=1S/C8H16O5S/c1-8(2)11-6-7(13-8)4-5-12-14(3,9)10/h7H,4-6H2,1-3H3/t7-/m1/s1. The van der Waals surface area contributed by atoms with Crippen LogP contribution in [0.3, 0.4) is 0 Å². The van der Waals surface area contributed by atoms with Gasteiger partial charge in [-0.2, -0.15) is 8.42 Å². The Labute approximate surface area is 84.5 Å². The van der Waals surface area contributed by atoms with E-state index in [-0.39, 0.29) is 12.7 Å². The molecule has 0 spiro atoms. The normalized spacial score (nSPS) is 26.6. The van der Waals surface area contributed by atoms with Crippen LogP contribution in [0.5, 0.6) is 0 Å². The molecule has 0 aliphatic carbocycles. The Morgan fingerprint density at radius 1 is 1.50 bits per heavy atom. The minimum absolute atomic E-state index is 0.0771. The second-order valence-electron chi connectivity index (χ2n) is 3.77. The van der Waals surface area contributed by atoms with Crippen molar-refractivity contribution in [2.75, 3.05) is 19.5 Å². The largest absolute Gasteiger partial charge is 0.348 e. The Hall–Kier alpha value is -0.170. The third kappa shape index (κ3) is 4.36. The van der Waals surface area contributed by atoms with E-state index >= 15 is 0 Å². The van der Waals surface area contributed by atoms with Crippen molar-refractivity contribution in [3.05, 3.63) is 0 Å². The zero-order valence-electron chi connectivity index (χ0n) is 8.65. The molecule has 1 atom stereocenters. The number of ether oxygens (including phenoxy) is 2. The summed E-state index contributed by atoms with van der Waals surface area (Å²) in [6, 6.07) is 0. The van der Waals surface area contributed by atoms with Crippen molar-refractivity contribution in [1.82, 2.24) is 0 Å². The second kappa shape index (κ2) is 4.14. The van der Waals surface area contributed by atoms with Gasteiger partial charge in [-0.15, -0.1) is 0 Å². The summed E-state index contributed by atoms with van der Waals surface area (Å²) in [6.45, 7) is 4.28. The van der Waals surface area contributed by atoms with E-state index < -0.39 is 15.9 Å². The summed E-state index contributed by atoms with van der Waals surface area (Å²) in [4.78, 5) is 0. The highest BCUT2D eigenvalue weighted by Gasteiger charge is 2.32. The fraction of sp³-hybridized carbons (Fsp3) is 1.00. The van der Waals surface area contributed by atoms with Crippen LogP contribution in [0.25, 0.3) is 0 Å². The van der Waals surface area contributed by atoms with Gasteiger partial charge in [0.1, 0.15) is 0 Å². The quantitative estimate of drug-likeness (QED) is 0.651. The zero-order valence-corrected chi connectivity index (χ0v) is 9.46. The van der Waals surface area contributed by atoms with Gasteiger partial charge in [-0.05, 0) is 13.8 Å². The fourth-order valence-corrected chi connectivity index (χ4v) is 1.64. The molecule has 14 heavy (non-hydrogen) atoms. The maximum absolute atomic E-state index is 10.6. The van der Waals surface area contributed by atoms with Crippen molar-refractivity contribution in [3.8, 4) is 0 Å². The maximum atomic E-state index is 10.6. The molecule has 0 N–H and O–H groups in total. The van der Waals surface area contributed by atoms with Crippen LogP contribution in [0.4, 0.5) is 0 Å². The Morgan fingerprint density at radius 3 is 2.57 bits per heavy atom. The monoisotopic (exact) mass is 224 g/mol. The molecule has 0 bridgehead atoms. The predicted octanol–water partition coefficient (Wildman–Crippen LogP) is 0.504. The van der Waals surface area contributed by atoms with Gasteiger partial charge >= 0.3 is 0 Å². The van der Waals surface area contributed by atoms with Crippen molar-refractivity contribution in [3.63, 3.8) is 0 Å². The second-order valence-corrected chi connectivity index (χ2v) is 5.41. The zero-order chi connectivity index (χ0) is 10.8. The predicted molar refractivity (Wildman–Crippen MR) is 50.3 cm³/mol. The molecule has 0 aromatic rings. The minimum atomic E-state index is -3.34. The summed E-state index contributed by atoms with van der Waals surface area (Å²) in [7, 11) is -3.34. The topological polar surface area (TPSA) is 61.8 Å². The van der Waals surface area contributed by atoms with Gasteiger partial charge in [0.25, 0.3) is 10.1 Å². The van der Waals surface area contributed by atoms with Gasteiger partial charge in [0.15, 0.2) is 5.79 Å². The summed E-state index contributed by atoms with van der Waals surface area (Å²) in [5.74, 6) is -0.560. The first kappa shape index (κ1) is 11.9. The highest BCUT2D eigenvalue weighted by Crippen LogP contribution is 2.23. The van der Waals surface area contributed by atoms with Gasteiger partial charge in [0.2, 0.25) is 0 Å². The number of hydrogen-bond acceptors (Lipinski definition) is 5. The van der Waals surface area contributed by atoms with Crippen LogP contribution in [0.2, 0.25) is 0 Å². The first-order valence-corrected chi connectivity index (χ1v) is 6.26. The smallest absolute Gasteiger partial charge is 0.264 e. The van der Waals surface area contributed by atoms with Gasteiger partial charge in [-0.1, -0.05) is 0 Å². The van der Waals surface area contributed by atoms with E-state index in [1.54, 1.807) is 0 Å². The van der Waals surface area contributed by atoms with E-state index in [0.29, 0.717) is 13.0 Å². The molecule has 1 rings (SSSR count). The summed E-state index contributed by atoms with van der Waals surface area (Å²) < 4.78 is 36.6. The molecule has 1 aliphatic heterocycles. The molecular formula is C8H16O5S. The molecule has 0 aromatic heterocycles. The molecular weight excluding hydrogens is 208 g/mol. The average molecular weight is 224 g/mol. The van der Waals surface area contributed by atoms with Crippen LogP contribution in [-0.4, -0.2) is 39.8 Å². The van der Waals surface area contributed by atoms with Crippen molar-refractivity contribution in [1.29, 1.82) is 0 Å². The molecule has 1 aliphatic rings. The number of hydrogen-bond donors (Lipinski definition) is 0. The molecule has 1 fully saturated rings. The maximum Gasteiger partial charge on any atom is 0.264 e. The van der Waals surface area contributed by atoms with Crippen molar-refractivity contribution in [2.24, 2.45) is 0 Å². The first-order valence-electron chi connectivity index (χ1n) is 4.45. The van der Waals surface area contributed by atoms with Crippen LogP contribution >= 0.6 is 0 Å². The summed E-state index contributed by atoms with van der Waals surface area (Å²) in [5.41, 5.74) is 0. The summed E-state index contributed by atoms with van der Waals surface area (Å²) >= 11 is 0. The summed E-state index contributed by atoms with van der Waals surface area (Å²) in [6.07, 6.45) is 1.48. The van der Waals surface area contributed by atoms with E-state index in [1.165, 1.54) is 0 Å². The van der Waals surface area contributed by atoms with Crippen LogP contribution in [0, 0.1) is 0 Å². The molecule has 84 valence electrons. The third-order valence-electron chi connectivity index (χ3n) is 1.80. The van der Waals surface area contributed by atoms with E-state index in [0.717, 1.165) is 6.26 Å². The Balaban J connectivity index is 2.22. The fourth-order valence-electron chi connectivity index (χ4n) is 1.24. The van der Waals surface area contributed by atoms with Gasteiger partial charge in [-0.3, -0.25) is 4.18 Å². The van der Waals surface area contributed by atoms with Crippen LogP contribution in [0.15, 0.2) is 0 Å². The lowest BCUT2D eigenvalue weighted by Crippen LogP contribution is -2.22. The molecule has 0 aromatic carbocycles. The Kier molecular flexibility index (Phi) is 3.52. The lowest BCUT2D eigenvalue weighted by molar-refractivity contribution is -0.139. The van der Waals surface area contributed by atoms with Gasteiger partial charge < -0.3 is 9.47 Å². The van der Waals surface area contributed by atoms with Gasteiger partial charge in [0, 0.05) is 6.42 Å². The molecule has 1 saturated heterocycles. The van der Waals surface area contributed by atoms with E-state index in [1.807, 2.05) is 13.8 Å². The van der Waals surface area contributed by atoms with Crippen molar-refractivity contribution >= 4 is 10.1 Å². The van der Waals surface area contributed by atoms with Gasteiger partial charge in [-0.25, -0.2) is 0 Å². The van der Waals surface area contributed by atoms with Crippen LogP contribution in [0.1, 0.15) is 20.3 Å². The van der Waals surface area contributed by atoms with Gasteiger partial charge in [0.05, 0.1) is 25.6 Å². The highest BCUT2D eigenvalue weighted by molar-refractivity contribution is 7.85. The van der Waals surface area contributed by atoms with Crippen LogP contribution < -0.4 is 0 Å². The Morgan fingerprint density at radius 2 is 2.14 bits per heavy atom. The minimum Gasteiger partial charge on any atom is -0.348 e. The van der Waals surface area contributed by atoms with Crippen molar-refractivity contribution < 1.29 is 22.1 Å². The molecule has 1 heterocycles. The summed E-state index contributed by atoms with van der Waals surface area (Å²) in [5, 5.41) is 0. The van der Waals surface area contributed by atoms with E-state index in [4.69, 9.17) is 9.47 Å². The molecule has 0 unspecified atom stereocenters. The molecule has 0 saturated carbocycles. The molecule has 6 heteroatoms. The molecule has 5 nitrogen and oxygen atoms in total. The Bertz CT molecular complexity index is 282. The van der Waals surface area contributed by atoms with Crippen LogP contribution in [-0.2, 0) is 23.8 Å². The SMILES string of the molecule is CC1(C)OC[C@@H](CCOS(C)(=O)=O)O1. The molecule has 0 radical (unpaired) electrons. The molecule has 0 amide bonds. The highest BCUT2D eigenvalue weighted by atomic mass is 32.2. The lowest BCUT2D eigenvalue weighted by atomic mass is 10.3. The average Bonchev–Trinajstić information content (AvgIpc) is 2.27. The van der Waals surface area contributed by atoms with Crippen molar-refractivity contribution in [2.45, 2.75) is 32.2 Å². The van der Waals surface area contributed by atoms with E-state index in [9.17, 15) is 8.42 Å². The van der Waals surface area contributed by atoms with E-state index in [2.05, 4.69) is 4.18 Å². The first-order chi connectivity index (χ1) is 6.29. The third-order valence-corrected chi connectivity index (χ3v) is 2.40. The lowest BCUT2D eigenvalue weighted by Gasteiger charge is -2.16. The number of rotatable bonds is 4.